The van der Waals surface area contributed by atoms with Crippen molar-refractivity contribution >= 4 is 47.4 Å². The van der Waals surface area contributed by atoms with Gasteiger partial charge in [0.25, 0.3) is 0 Å². The summed E-state index contributed by atoms with van der Waals surface area (Å²) in [7, 11) is 1.76. The van der Waals surface area contributed by atoms with Crippen LogP contribution in [0.5, 0.6) is 0 Å². The molecular formula is C20H28ClIN4O2. The zero-order chi connectivity index (χ0) is 19.1. The number of rotatable bonds is 5. The maximum Gasteiger partial charge on any atom is 0.242 e. The van der Waals surface area contributed by atoms with E-state index in [1.54, 1.807) is 7.05 Å². The van der Waals surface area contributed by atoms with E-state index in [1.807, 2.05) is 34.1 Å². The van der Waals surface area contributed by atoms with Crippen LogP contribution in [0.15, 0.2) is 40.9 Å². The van der Waals surface area contributed by atoms with Gasteiger partial charge in [-0.05, 0) is 30.5 Å². The highest BCUT2D eigenvalue weighted by Gasteiger charge is 2.25. The van der Waals surface area contributed by atoms with Gasteiger partial charge in [0.2, 0.25) is 5.91 Å². The molecule has 8 heteroatoms. The summed E-state index contributed by atoms with van der Waals surface area (Å²) in [6.45, 7) is 4.77. The molecule has 0 bridgehead atoms. The van der Waals surface area contributed by atoms with E-state index in [2.05, 4.69) is 16.4 Å². The molecule has 0 aromatic heterocycles. The molecule has 1 aromatic carbocycles. The van der Waals surface area contributed by atoms with Crippen molar-refractivity contribution in [2.45, 2.75) is 19.4 Å². The summed E-state index contributed by atoms with van der Waals surface area (Å²) >= 11 is 5.93. The minimum absolute atomic E-state index is 0. The smallest absolute Gasteiger partial charge is 0.242 e. The molecule has 2 aliphatic rings. The molecule has 1 amide bonds. The van der Waals surface area contributed by atoms with Gasteiger partial charge in [-0.1, -0.05) is 35.4 Å². The fourth-order valence-corrected chi connectivity index (χ4v) is 3.45. The summed E-state index contributed by atoms with van der Waals surface area (Å²) in [5.74, 6) is 0.911. The Kier molecular flexibility index (Phi) is 9.53. The fourth-order valence-electron chi connectivity index (χ4n) is 3.33. The summed E-state index contributed by atoms with van der Waals surface area (Å²) in [5.41, 5.74) is 2.52. The molecule has 2 aliphatic heterocycles. The molecule has 2 heterocycles. The average Bonchev–Trinajstić information content (AvgIpc) is 2.69. The molecule has 154 valence electrons. The molecule has 0 aliphatic carbocycles. The molecule has 0 atom stereocenters. The van der Waals surface area contributed by atoms with E-state index < -0.39 is 0 Å². The molecule has 1 saturated heterocycles. The maximum absolute atomic E-state index is 12.6. The van der Waals surface area contributed by atoms with Crippen LogP contribution < -0.4 is 5.32 Å². The van der Waals surface area contributed by atoms with Crippen LogP contribution in [0.1, 0.15) is 18.4 Å². The van der Waals surface area contributed by atoms with Gasteiger partial charge >= 0.3 is 0 Å². The topological polar surface area (TPSA) is 57.2 Å². The van der Waals surface area contributed by atoms with Crippen LogP contribution in [0.2, 0.25) is 5.02 Å². The number of amides is 1. The van der Waals surface area contributed by atoms with Crippen LogP contribution in [0.25, 0.3) is 0 Å². The van der Waals surface area contributed by atoms with E-state index >= 15 is 0 Å². The molecule has 1 fully saturated rings. The van der Waals surface area contributed by atoms with E-state index in [0.717, 1.165) is 44.1 Å². The number of ether oxygens (including phenoxy) is 1. The van der Waals surface area contributed by atoms with Gasteiger partial charge in [0, 0.05) is 38.2 Å². The van der Waals surface area contributed by atoms with Crippen molar-refractivity contribution in [1.29, 1.82) is 0 Å². The van der Waals surface area contributed by atoms with Gasteiger partial charge in [-0.2, -0.15) is 0 Å². The van der Waals surface area contributed by atoms with Crippen molar-refractivity contribution in [1.82, 2.24) is 15.1 Å². The quantitative estimate of drug-likeness (QED) is 0.282. The van der Waals surface area contributed by atoms with Crippen molar-refractivity contribution in [2.24, 2.45) is 4.99 Å². The number of nitrogens with one attached hydrogen (secondary N) is 1. The van der Waals surface area contributed by atoms with Gasteiger partial charge in [-0.3, -0.25) is 9.79 Å². The Balaban J connectivity index is 0.00000280. The van der Waals surface area contributed by atoms with Gasteiger partial charge < -0.3 is 19.9 Å². The van der Waals surface area contributed by atoms with Crippen molar-refractivity contribution in [3.63, 3.8) is 0 Å². The van der Waals surface area contributed by atoms with Crippen LogP contribution in [0.3, 0.4) is 0 Å². The Morgan fingerprint density at radius 2 is 2.07 bits per heavy atom. The van der Waals surface area contributed by atoms with Gasteiger partial charge in [-0.25, -0.2) is 0 Å². The molecule has 1 N–H and O–H groups in total. The molecule has 0 unspecified atom stereocenters. The van der Waals surface area contributed by atoms with Gasteiger partial charge in [0.05, 0.1) is 19.8 Å². The third-order valence-electron chi connectivity index (χ3n) is 4.90. The van der Waals surface area contributed by atoms with E-state index in [0.29, 0.717) is 31.3 Å². The van der Waals surface area contributed by atoms with Crippen molar-refractivity contribution in [2.75, 3.05) is 46.4 Å². The van der Waals surface area contributed by atoms with Crippen LogP contribution in [-0.2, 0) is 16.1 Å². The highest BCUT2D eigenvalue weighted by Crippen LogP contribution is 2.14. The van der Waals surface area contributed by atoms with E-state index in [1.165, 1.54) is 5.57 Å². The Labute approximate surface area is 189 Å². The Hall–Kier alpha value is -1.32. The van der Waals surface area contributed by atoms with Gasteiger partial charge in [-0.15, -0.1) is 24.0 Å². The second-order valence-electron chi connectivity index (χ2n) is 6.77. The maximum atomic E-state index is 12.6. The summed E-state index contributed by atoms with van der Waals surface area (Å²) in [6, 6.07) is 7.65. The molecule has 0 spiro atoms. The number of carbonyl (C=O) groups is 1. The van der Waals surface area contributed by atoms with E-state index in [-0.39, 0.29) is 29.9 Å². The first kappa shape index (κ1) is 23.0. The summed E-state index contributed by atoms with van der Waals surface area (Å²) in [6.07, 6.45) is 4.14. The highest BCUT2D eigenvalue weighted by atomic mass is 127. The predicted octanol–water partition coefficient (Wildman–Crippen LogP) is 2.91. The fraction of sp³-hybridized carbons (Fsp3) is 0.500. The number of hydrogen-bond acceptors (Lipinski definition) is 3. The lowest BCUT2D eigenvalue weighted by Crippen LogP contribution is -2.55. The second-order valence-corrected chi connectivity index (χ2v) is 7.21. The van der Waals surface area contributed by atoms with Crippen molar-refractivity contribution in [3.05, 3.63) is 46.5 Å². The number of piperazine rings is 1. The Morgan fingerprint density at radius 1 is 1.29 bits per heavy atom. The lowest BCUT2D eigenvalue weighted by atomic mass is 10.1. The first-order chi connectivity index (χ1) is 13.2. The zero-order valence-electron chi connectivity index (χ0n) is 16.2. The standard InChI is InChI=1S/C20H27ClN4O2.HI/c1-22-20(23-9-6-16-7-12-27-13-8-16)25-11-10-24(19(26)15-25)14-17-2-4-18(21)5-3-17;/h2-5,7H,6,8-15H2,1H3,(H,22,23);1H. The monoisotopic (exact) mass is 518 g/mol. The largest absolute Gasteiger partial charge is 0.377 e. The number of guanidine groups is 1. The molecule has 3 rings (SSSR count). The second kappa shape index (κ2) is 11.6. The van der Waals surface area contributed by atoms with Crippen LogP contribution in [0, 0.1) is 0 Å². The third kappa shape index (κ3) is 6.63. The van der Waals surface area contributed by atoms with E-state index in [4.69, 9.17) is 16.3 Å². The predicted molar refractivity (Wildman–Crippen MR) is 123 cm³/mol. The molecule has 6 nitrogen and oxygen atoms in total. The normalized spacial score (nSPS) is 17.9. The molecule has 0 saturated carbocycles. The number of benzene rings is 1. The lowest BCUT2D eigenvalue weighted by Gasteiger charge is -2.36. The SMILES string of the molecule is CN=C(NCCC1=CCOCC1)N1CCN(Cc2ccc(Cl)cc2)C(=O)C1.I. The zero-order valence-corrected chi connectivity index (χ0v) is 19.3. The molecule has 28 heavy (non-hydrogen) atoms. The number of carbonyl (C=O) groups excluding carboxylic acids is 1. The summed E-state index contributed by atoms with van der Waals surface area (Å²) in [4.78, 5) is 20.8. The first-order valence-electron chi connectivity index (χ1n) is 9.39. The third-order valence-corrected chi connectivity index (χ3v) is 5.16. The highest BCUT2D eigenvalue weighted by molar-refractivity contribution is 14.0. The number of nitrogens with zero attached hydrogens (tertiary/aromatic N) is 3. The lowest BCUT2D eigenvalue weighted by molar-refractivity contribution is -0.135. The van der Waals surface area contributed by atoms with Crippen LogP contribution in [-0.4, -0.2) is 68.1 Å². The molecule has 1 aromatic rings. The minimum atomic E-state index is 0. The molecular weight excluding hydrogens is 491 g/mol. The minimum Gasteiger partial charge on any atom is -0.377 e. The van der Waals surface area contributed by atoms with E-state index in [9.17, 15) is 4.79 Å². The van der Waals surface area contributed by atoms with Crippen molar-refractivity contribution in [3.8, 4) is 0 Å². The average molecular weight is 519 g/mol. The summed E-state index contributed by atoms with van der Waals surface area (Å²) in [5, 5.41) is 4.10. The first-order valence-corrected chi connectivity index (χ1v) is 9.77. The Bertz CT molecular complexity index is 709. The number of halogens is 2. The number of hydrogen-bond donors (Lipinski definition) is 1. The van der Waals surface area contributed by atoms with Gasteiger partial charge in [0.1, 0.15) is 0 Å². The Morgan fingerprint density at radius 3 is 2.71 bits per heavy atom. The molecule has 0 radical (unpaired) electrons. The van der Waals surface area contributed by atoms with Gasteiger partial charge in [0.15, 0.2) is 5.96 Å². The van der Waals surface area contributed by atoms with Crippen LogP contribution >= 0.6 is 35.6 Å². The number of aliphatic imine (C=N–C) groups is 1. The van der Waals surface area contributed by atoms with Crippen molar-refractivity contribution < 1.29 is 9.53 Å². The van der Waals surface area contributed by atoms with Crippen LogP contribution in [0.4, 0.5) is 0 Å². The summed E-state index contributed by atoms with van der Waals surface area (Å²) < 4.78 is 5.34.